The maximum absolute atomic E-state index is 12.9. The first-order valence-electron chi connectivity index (χ1n) is 6.20. The number of rotatable bonds is 7. The summed E-state index contributed by atoms with van der Waals surface area (Å²) in [6.45, 7) is 2.44. The number of alkyl halides is 3. The summed E-state index contributed by atoms with van der Waals surface area (Å²) in [5.41, 5.74) is 4.48. The van der Waals surface area contributed by atoms with Crippen LogP contribution in [-0.4, -0.2) is 21.5 Å². The Kier molecular flexibility index (Phi) is 5.58. The highest BCUT2D eigenvalue weighted by atomic mass is 19.4. The Balaban J connectivity index is 2.77. The first-order chi connectivity index (χ1) is 8.50. The van der Waals surface area contributed by atoms with E-state index in [9.17, 15) is 13.2 Å². The molecule has 1 heterocycles. The molecule has 0 bridgehead atoms. The van der Waals surface area contributed by atoms with Crippen molar-refractivity contribution in [1.82, 2.24) is 15.0 Å². The number of nitrogens with two attached hydrogens (primary N) is 1. The number of aryl methyl sites for hydroxylation is 1. The van der Waals surface area contributed by atoms with E-state index in [4.69, 9.17) is 5.73 Å². The molecule has 0 aliphatic heterocycles. The number of aromatic nitrogens is 3. The van der Waals surface area contributed by atoms with Gasteiger partial charge in [0.05, 0.1) is 5.69 Å². The van der Waals surface area contributed by atoms with Crippen molar-refractivity contribution in [3.05, 3.63) is 11.4 Å². The maximum atomic E-state index is 12.9. The second kappa shape index (κ2) is 6.72. The van der Waals surface area contributed by atoms with Gasteiger partial charge in [0, 0.05) is 13.0 Å². The topological polar surface area (TPSA) is 56.7 Å². The van der Waals surface area contributed by atoms with E-state index >= 15 is 0 Å². The Morgan fingerprint density at radius 2 is 1.94 bits per heavy atom. The maximum Gasteiger partial charge on any atom is 0.434 e. The Morgan fingerprint density at radius 1 is 1.22 bits per heavy atom. The molecule has 0 saturated carbocycles. The highest BCUT2D eigenvalue weighted by Crippen LogP contribution is 2.31. The van der Waals surface area contributed by atoms with Crippen molar-refractivity contribution in [3.63, 3.8) is 0 Å². The third kappa shape index (κ3) is 3.97. The second-order valence-electron chi connectivity index (χ2n) is 4.20. The van der Waals surface area contributed by atoms with Crippen LogP contribution < -0.4 is 5.73 Å². The molecule has 2 N–H and O–H groups in total. The van der Waals surface area contributed by atoms with Crippen molar-refractivity contribution in [2.75, 3.05) is 6.54 Å². The first kappa shape index (κ1) is 14.9. The SMILES string of the molecule is CCCCCCn1nnc(CCN)c1C(F)(F)F. The molecular weight excluding hydrogens is 245 g/mol. The summed E-state index contributed by atoms with van der Waals surface area (Å²) in [6.07, 6.45) is -0.668. The zero-order chi connectivity index (χ0) is 13.6. The monoisotopic (exact) mass is 264 g/mol. The van der Waals surface area contributed by atoms with E-state index in [0.29, 0.717) is 6.42 Å². The number of hydrogen-bond acceptors (Lipinski definition) is 3. The van der Waals surface area contributed by atoms with Crippen molar-refractivity contribution in [3.8, 4) is 0 Å². The lowest BCUT2D eigenvalue weighted by molar-refractivity contribution is -0.144. The Labute approximate surface area is 104 Å². The van der Waals surface area contributed by atoms with E-state index in [0.717, 1.165) is 23.9 Å². The van der Waals surface area contributed by atoms with Gasteiger partial charge in [0.2, 0.25) is 0 Å². The summed E-state index contributed by atoms with van der Waals surface area (Å²) in [7, 11) is 0. The van der Waals surface area contributed by atoms with Crippen LogP contribution in [0, 0.1) is 0 Å². The van der Waals surface area contributed by atoms with Crippen molar-refractivity contribution in [2.24, 2.45) is 5.73 Å². The molecule has 0 amide bonds. The van der Waals surface area contributed by atoms with Gasteiger partial charge in [-0.15, -0.1) is 5.10 Å². The lowest BCUT2D eigenvalue weighted by Crippen LogP contribution is -2.18. The van der Waals surface area contributed by atoms with E-state index in [1.165, 1.54) is 0 Å². The smallest absolute Gasteiger partial charge is 0.330 e. The molecule has 7 heteroatoms. The summed E-state index contributed by atoms with van der Waals surface area (Å²) in [6, 6.07) is 0. The van der Waals surface area contributed by atoms with Crippen LogP contribution in [0.1, 0.15) is 44.0 Å². The van der Waals surface area contributed by atoms with Gasteiger partial charge in [0.1, 0.15) is 0 Å². The number of halogens is 3. The fraction of sp³-hybridized carbons (Fsp3) is 0.818. The van der Waals surface area contributed by atoms with Gasteiger partial charge in [0.25, 0.3) is 0 Å². The van der Waals surface area contributed by atoms with E-state index in [2.05, 4.69) is 17.2 Å². The largest absolute Gasteiger partial charge is 0.434 e. The number of hydrogen-bond donors (Lipinski definition) is 1. The fourth-order valence-corrected chi connectivity index (χ4v) is 1.81. The molecule has 4 nitrogen and oxygen atoms in total. The average molecular weight is 264 g/mol. The van der Waals surface area contributed by atoms with Crippen LogP contribution >= 0.6 is 0 Å². The fourth-order valence-electron chi connectivity index (χ4n) is 1.81. The number of unbranched alkanes of at least 4 members (excludes halogenated alkanes) is 3. The Bertz CT molecular complexity index is 360. The minimum atomic E-state index is -4.42. The summed E-state index contributed by atoms with van der Waals surface area (Å²) < 4.78 is 39.7. The molecule has 18 heavy (non-hydrogen) atoms. The third-order valence-corrected chi connectivity index (χ3v) is 2.68. The van der Waals surface area contributed by atoms with Gasteiger partial charge in [0.15, 0.2) is 5.69 Å². The molecule has 0 spiro atoms. The second-order valence-corrected chi connectivity index (χ2v) is 4.20. The van der Waals surface area contributed by atoms with Gasteiger partial charge >= 0.3 is 6.18 Å². The molecule has 104 valence electrons. The molecular formula is C11H19F3N4. The van der Waals surface area contributed by atoms with Crippen molar-refractivity contribution < 1.29 is 13.2 Å². The van der Waals surface area contributed by atoms with Gasteiger partial charge in [-0.25, -0.2) is 4.68 Å². The van der Waals surface area contributed by atoms with E-state index in [-0.39, 0.29) is 25.2 Å². The minimum absolute atomic E-state index is 0.0551. The quantitative estimate of drug-likeness (QED) is 0.769. The van der Waals surface area contributed by atoms with Crippen LogP contribution in [0.5, 0.6) is 0 Å². The summed E-state index contributed by atoms with van der Waals surface area (Å²) in [5.74, 6) is 0. The van der Waals surface area contributed by atoms with Gasteiger partial charge in [-0.3, -0.25) is 0 Å². The van der Waals surface area contributed by atoms with E-state index < -0.39 is 11.9 Å². The zero-order valence-corrected chi connectivity index (χ0v) is 10.5. The van der Waals surface area contributed by atoms with Crippen LogP contribution in [0.2, 0.25) is 0 Å². The van der Waals surface area contributed by atoms with Gasteiger partial charge < -0.3 is 5.73 Å². The number of nitrogens with zero attached hydrogens (tertiary/aromatic N) is 3. The summed E-state index contributed by atoms with van der Waals surface area (Å²) in [5, 5.41) is 7.17. The molecule has 0 aromatic carbocycles. The van der Waals surface area contributed by atoms with Crippen LogP contribution in [0.4, 0.5) is 13.2 Å². The van der Waals surface area contributed by atoms with E-state index in [1.807, 2.05) is 0 Å². The molecule has 0 fully saturated rings. The van der Waals surface area contributed by atoms with Gasteiger partial charge in [-0.05, 0) is 13.0 Å². The lowest BCUT2D eigenvalue weighted by Gasteiger charge is -2.10. The highest BCUT2D eigenvalue weighted by Gasteiger charge is 2.38. The van der Waals surface area contributed by atoms with Gasteiger partial charge in [-0.2, -0.15) is 13.2 Å². The average Bonchev–Trinajstić information content (AvgIpc) is 2.68. The molecule has 0 aliphatic rings. The van der Waals surface area contributed by atoms with Crippen LogP contribution in [0.15, 0.2) is 0 Å². The van der Waals surface area contributed by atoms with Crippen molar-refractivity contribution in [1.29, 1.82) is 0 Å². The predicted molar refractivity (Wildman–Crippen MR) is 61.9 cm³/mol. The molecule has 0 atom stereocenters. The molecule has 1 aromatic heterocycles. The highest BCUT2D eigenvalue weighted by molar-refractivity contribution is 5.14. The molecule has 0 unspecified atom stereocenters. The van der Waals surface area contributed by atoms with Crippen LogP contribution in [-0.2, 0) is 19.1 Å². The van der Waals surface area contributed by atoms with Crippen molar-refractivity contribution >= 4 is 0 Å². The summed E-state index contributed by atoms with van der Waals surface area (Å²) in [4.78, 5) is 0. The molecule has 0 saturated heterocycles. The molecule has 0 aliphatic carbocycles. The predicted octanol–water partition coefficient (Wildman–Crippen LogP) is 2.38. The Hall–Kier alpha value is -1.11. The zero-order valence-electron chi connectivity index (χ0n) is 10.5. The Morgan fingerprint density at radius 3 is 2.50 bits per heavy atom. The molecule has 1 rings (SSSR count). The van der Waals surface area contributed by atoms with Crippen LogP contribution in [0.3, 0.4) is 0 Å². The van der Waals surface area contributed by atoms with E-state index in [1.54, 1.807) is 0 Å². The van der Waals surface area contributed by atoms with Crippen LogP contribution in [0.25, 0.3) is 0 Å². The van der Waals surface area contributed by atoms with Gasteiger partial charge in [-0.1, -0.05) is 31.4 Å². The molecule has 0 radical (unpaired) electrons. The van der Waals surface area contributed by atoms with Crippen molar-refractivity contribution in [2.45, 2.75) is 51.7 Å². The first-order valence-corrected chi connectivity index (χ1v) is 6.20. The molecule has 1 aromatic rings. The summed E-state index contributed by atoms with van der Waals surface area (Å²) >= 11 is 0. The lowest BCUT2D eigenvalue weighted by atomic mass is 10.2. The third-order valence-electron chi connectivity index (χ3n) is 2.68. The normalized spacial score (nSPS) is 12.1. The minimum Gasteiger partial charge on any atom is -0.330 e. The standard InChI is InChI=1S/C11H19F3N4/c1-2-3-4-5-8-18-10(11(12,13)14)9(6-7-15)16-17-18/h2-8,15H2,1H3.